The summed E-state index contributed by atoms with van der Waals surface area (Å²) < 4.78 is 52.5. The summed E-state index contributed by atoms with van der Waals surface area (Å²) in [7, 11) is 0. The number of carbonyl (C=O) groups excluding carboxylic acids is 2. The van der Waals surface area contributed by atoms with Crippen molar-refractivity contribution in [1.82, 2.24) is 5.32 Å². The molecule has 2 N–H and O–H groups in total. The van der Waals surface area contributed by atoms with Crippen molar-refractivity contribution >= 4 is 40.7 Å². The van der Waals surface area contributed by atoms with Gasteiger partial charge in [0.1, 0.15) is 5.82 Å². The fraction of sp³-hybridized carbons (Fsp3) is 0.238. The summed E-state index contributed by atoms with van der Waals surface area (Å²) >= 11 is 12.2. The van der Waals surface area contributed by atoms with Crippen LogP contribution in [0.5, 0.6) is 0 Å². The number of nitrogens with zero attached hydrogens (tertiary/aromatic N) is 1. The van der Waals surface area contributed by atoms with E-state index in [9.17, 15) is 32.3 Å². The number of aliphatic hydroxyl groups is 1. The van der Waals surface area contributed by atoms with Crippen molar-refractivity contribution in [2.75, 3.05) is 18.0 Å². The van der Waals surface area contributed by atoms with Crippen LogP contribution in [0.2, 0.25) is 10.0 Å². The molecule has 32 heavy (non-hydrogen) atoms. The van der Waals surface area contributed by atoms with Crippen LogP contribution in [0.4, 0.5) is 23.2 Å². The first kappa shape index (κ1) is 23.9. The summed E-state index contributed by atoms with van der Waals surface area (Å²) in [6.07, 6.45) is -3.93. The standard InChI is InChI=1S/C21H16Cl2F4N2O3/c22-16-4-1-5-17(23)14(16)3-2-6-28-19(31)15-10-29(20(32)18(15)30)13-8-11(21(25,26)27)7-12(24)9-13/h1,4-5,7-9,30H,2-3,6,10H2,(H,28,31). The predicted octanol–water partition coefficient (Wildman–Crippen LogP) is 5.06. The highest BCUT2D eigenvalue weighted by Gasteiger charge is 2.37. The highest BCUT2D eigenvalue weighted by Crippen LogP contribution is 2.34. The van der Waals surface area contributed by atoms with E-state index in [-0.39, 0.29) is 18.2 Å². The molecule has 0 radical (unpaired) electrons. The molecule has 2 aromatic rings. The van der Waals surface area contributed by atoms with Crippen molar-refractivity contribution in [3.8, 4) is 0 Å². The number of halogens is 6. The van der Waals surface area contributed by atoms with Gasteiger partial charge >= 0.3 is 6.18 Å². The lowest BCUT2D eigenvalue weighted by atomic mass is 10.1. The molecule has 0 bridgehead atoms. The number of alkyl halides is 3. The van der Waals surface area contributed by atoms with Gasteiger partial charge in [0.05, 0.1) is 17.7 Å². The van der Waals surface area contributed by atoms with Crippen LogP contribution in [0.15, 0.2) is 47.7 Å². The Morgan fingerprint density at radius 3 is 2.44 bits per heavy atom. The van der Waals surface area contributed by atoms with E-state index in [0.717, 1.165) is 0 Å². The van der Waals surface area contributed by atoms with Crippen LogP contribution in [0, 0.1) is 5.82 Å². The molecule has 2 amide bonds. The van der Waals surface area contributed by atoms with Gasteiger partial charge in [0, 0.05) is 22.3 Å². The van der Waals surface area contributed by atoms with Crippen molar-refractivity contribution in [2.24, 2.45) is 0 Å². The number of rotatable bonds is 6. The van der Waals surface area contributed by atoms with Crippen molar-refractivity contribution < 1.29 is 32.3 Å². The van der Waals surface area contributed by atoms with Gasteiger partial charge in [0.25, 0.3) is 11.8 Å². The average molecular weight is 491 g/mol. The number of carbonyl (C=O) groups is 2. The molecule has 2 aromatic carbocycles. The molecule has 0 saturated carbocycles. The van der Waals surface area contributed by atoms with Gasteiger partial charge < -0.3 is 15.3 Å². The first-order chi connectivity index (χ1) is 15.0. The Kier molecular flexibility index (Phi) is 7.00. The van der Waals surface area contributed by atoms with Crippen LogP contribution in [0.1, 0.15) is 17.5 Å². The molecule has 0 aliphatic carbocycles. The van der Waals surface area contributed by atoms with Gasteiger partial charge in [-0.25, -0.2) is 4.39 Å². The van der Waals surface area contributed by atoms with E-state index in [4.69, 9.17) is 23.2 Å². The van der Waals surface area contributed by atoms with Crippen LogP contribution < -0.4 is 10.2 Å². The summed E-state index contributed by atoms with van der Waals surface area (Å²) in [6.45, 7) is -0.350. The second kappa shape index (κ2) is 9.38. The Bertz CT molecular complexity index is 1080. The fourth-order valence-corrected chi connectivity index (χ4v) is 3.77. The topological polar surface area (TPSA) is 69.6 Å². The number of hydrogen-bond acceptors (Lipinski definition) is 3. The molecule has 1 heterocycles. The van der Waals surface area contributed by atoms with Gasteiger partial charge in [0.15, 0.2) is 5.76 Å². The summed E-state index contributed by atoms with van der Waals surface area (Å²) in [5, 5.41) is 13.5. The van der Waals surface area contributed by atoms with Gasteiger partial charge in [0.2, 0.25) is 0 Å². The van der Waals surface area contributed by atoms with E-state index in [0.29, 0.717) is 45.5 Å². The van der Waals surface area contributed by atoms with Crippen LogP contribution >= 0.6 is 23.2 Å². The normalized spacial score (nSPS) is 14.3. The number of anilines is 1. The molecule has 0 saturated heterocycles. The van der Waals surface area contributed by atoms with E-state index < -0.39 is 47.4 Å². The van der Waals surface area contributed by atoms with Crippen molar-refractivity contribution in [2.45, 2.75) is 19.0 Å². The lowest BCUT2D eigenvalue weighted by Gasteiger charge is -2.18. The van der Waals surface area contributed by atoms with Crippen molar-refractivity contribution in [3.63, 3.8) is 0 Å². The molecule has 0 spiro atoms. The molecule has 1 aliphatic heterocycles. The maximum Gasteiger partial charge on any atom is 0.416 e. The van der Waals surface area contributed by atoms with E-state index in [1.807, 2.05) is 0 Å². The third-order valence-electron chi connectivity index (χ3n) is 4.80. The molecule has 0 unspecified atom stereocenters. The molecule has 0 fully saturated rings. The number of benzene rings is 2. The van der Waals surface area contributed by atoms with Crippen LogP contribution in [-0.2, 0) is 22.2 Å². The molecule has 11 heteroatoms. The summed E-state index contributed by atoms with van der Waals surface area (Å²) in [5.41, 5.74) is -1.34. The Morgan fingerprint density at radius 2 is 1.81 bits per heavy atom. The zero-order chi connectivity index (χ0) is 23.6. The molecular formula is C21H16Cl2F4N2O3. The third kappa shape index (κ3) is 5.16. The molecule has 3 rings (SSSR count). The molecule has 5 nitrogen and oxygen atoms in total. The lowest BCUT2D eigenvalue weighted by molar-refractivity contribution is -0.137. The number of hydrogen-bond donors (Lipinski definition) is 2. The predicted molar refractivity (Wildman–Crippen MR) is 111 cm³/mol. The third-order valence-corrected chi connectivity index (χ3v) is 5.50. The minimum absolute atomic E-state index is 0.156. The average Bonchev–Trinajstić information content (AvgIpc) is 3.01. The van der Waals surface area contributed by atoms with E-state index in [2.05, 4.69) is 5.32 Å². The van der Waals surface area contributed by atoms with Gasteiger partial charge in [-0.15, -0.1) is 0 Å². The quantitative estimate of drug-likeness (QED) is 0.439. The second-order valence-corrected chi connectivity index (χ2v) is 7.79. The van der Waals surface area contributed by atoms with E-state index in [1.165, 1.54) is 0 Å². The van der Waals surface area contributed by atoms with Gasteiger partial charge in [-0.2, -0.15) is 13.2 Å². The summed E-state index contributed by atoms with van der Waals surface area (Å²) in [5.74, 6) is -3.99. The zero-order valence-electron chi connectivity index (χ0n) is 16.3. The highest BCUT2D eigenvalue weighted by atomic mass is 35.5. The Hall–Kier alpha value is -2.78. The SMILES string of the molecule is O=C(NCCCc1c(Cl)cccc1Cl)C1=C(O)C(=O)N(c2cc(F)cc(C(F)(F)F)c2)C1. The molecule has 0 aromatic heterocycles. The molecular weight excluding hydrogens is 475 g/mol. The van der Waals surface area contributed by atoms with E-state index in [1.54, 1.807) is 18.2 Å². The minimum Gasteiger partial charge on any atom is -0.503 e. The molecule has 170 valence electrons. The van der Waals surface area contributed by atoms with Gasteiger partial charge in [-0.05, 0) is 48.7 Å². The second-order valence-electron chi connectivity index (χ2n) is 6.97. The fourth-order valence-electron chi connectivity index (χ4n) is 3.19. The number of aliphatic hydroxyl groups excluding tert-OH is 1. The molecule has 0 atom stereocenters. The largest absolute Gasteiger partial charge is 0.503 e. The Labute approximate surface area is 190 Å². The summed E-state index contributed by atoms with van der Waals surface area (Å²) in [6, 6.07) is 6.64. The Morgan fingerprint density at radius 1 is 1.16 bits per heavy atom. The van der Waals surface area contributed by atoms with Gasteiger partial charge in [-0.1, -0.05) is 29.3 Å². The first-order valence-corrected chi connectivity index (χ1v) is 10.1. The van der Waals surface area contributed by atoms with Crippen LogP contribution in [0.25, 0.3) is 0 Å². The maximum absolute atomic E-state index is 13.7. The van der Waals surface area contributed by atoms with Gasteiger partial charge in [-0.3, -0.25) is 9.59 Å². The van der Waals surface area contributed by atoms with E-state index >= 15 is 0 Å². The summed E-state index contributed by atoms with van der Waals surface area (Å²) in [4.78, 5) is 25.4. The highest BCUT2D eigenvalue weighted by molar-refractivity contribution is 6.36. The van der Waals surface area contributed by atoms with Crippen molar-refractivity contribution in [1.29, 1.82) is 0 Å². The van der Waals surface area contributed by atoms with Crippen LogP contribution in [-0.4, -0.2) is 30.0 Å². The smallest absolute Gasteiger partial charge is 0.416 e. The zero-order valence-corrected chi connectivity index (χ0v) is 17.8. The van der Waals surface area contributed by atoms with Crippen LogP contribution in [0.3, 0.4) is 0 Å². The minimum atomic E-state index is -4.83. The molecule has 1 aliphatic rings. The Balaban J connectivity index is 1.65. The van der Waals surface area contributed by atoms with Crippen molar-refractivity contribution in [3.05, 3.63) is 74.7 Å². The first-order valence-electron chi connectivity index (χ1n) is 9.32. The monoisotopic (exact) mass is 490 g/mol. The lowest BCUT2D eigenvalue weighted by Crippen LogP contribution is -2.31. The number of amides is 2. The number of nitrogens with one attached hydrogen (secondary N) is 1. The maximum atomic E-state index is 13.7.